The lowest BCUT2D eigenvalue weighted by molar-refractivity contribution is -0.392. The number of hydrogen-bond acceptors (Lipinski definition) is 5. The molecule has 7 nitrogen and oxygen atoms in total. The first-order chi connectivity index (χ1) is 9.25. The number of nitro groups is 1. The van der Waals surface area contributed by atoms with Crippen LogP contribution in [0.5, 0.6) is 0 Å². The van der Waals surface area contributed by atoms with Gasteiger partial charge in [0.05, 0.1) is 4.90 Å². The molecule has 0 N–H and O–H groups in total. The number of benzene rings is 1. The minimum absolute atomic E-state index is 0.00852. The van der Waals surface area contributed by atoms with E-state index in [1.165, 1.54) is 30.7 Å². The van der Waals surface area contributed by atoms with E-state index in [0.717, 1.165) is 5.56 Å². The fourth-order valence-electron chi connectivity index (χ4n) is 1.82. The van der Waals surface area contributed by atoms with Crippen molar-refractivity contribution >= 4 is 15.7 Å². The van der Waals surface area contributed by atoms with Crippen molar-refractivity contribution < 1.29 is 13.3 Å². The van der Waals surface area contributed by atoms with Crippen LogP contribution in [0.4, 0.5) is 5.82 Å². The first-order valence-electron chi connectivity index (χ1n) is 5.74. The second-order valence-electron chi connectivity index (χ2n) is 4.42. The number of hydrogen-bond donors (Lipinski definition) is 0. The molecule has 0 aliphatic rings. The standard InChI is InChI=1S/C12H13N3O4S/c1-8-4-6-10(7-5-8)20(18,19)12-11(15(16)17)13-9(2)14(12)3/h4-7H,1-3H3. The van der Waals surface area contributed by atoms with Crippen LogP contribution in [-0.2, 0) is 16.9 Å². The van der Waals surface area contributed by atoms with Crippen LogP contribution in [0, 0.1) is 24.0 Å². The van der Waals surface area contributed by atoms with Crippen molar-refractivity contribution in [3.63, 3.8) is 0 Å². The van der Waals surface area contributed by atoms with Crippen molar-refractivity contribution in [3.8, 4) is 0 Å². The summed E-state index contributed by atoms with van der Waals surface area (Å²) in [5.74, 6) is -0.382. The number of aromatic nitrogens is 2. The van der Waals surface area contributed by atoms with Crippen LogP contribution in [0.25, 0.3) is 0 Å². The quantitative estimate of drug-likeness (QED) is 0.635. The fraction of sp³-hybridized carbons (Fsp3) is 0.250. The van der Waals surface area contributed by atoms with E-state index < -0.39 is 25.6 Å². The molecule has 2 rings (SSSR count). The summed E-state index contributed by atoms with van der Waals surface area (Å²) in [4.78, 5) is 13.9. The van der Waals surface area contributed by atoms with E-state index in [-0.39, 0.29) is 10.7 Å². The Balaban J connectivity index is 2.72. The van der Waals surface area contributed by atoms with Crippen LogP contribution in [-0.4, -0.2) is 22.9 Å². The lowest BCUT2D eigenvalue weighted by Gasteiger charge is -2.05. The average Bonchev–Trinajstić information content (AvgIpc) is 2.67. The molecular formula is C12H13N3O4S. The van der Waals surface area contributed by atoms with Gasteiger partial charge in [-0.3, -0.25) is 4.57 Å². The highest BCUT2D eigenvalue weighted by Crippen LogP contribution is 2.29. The van der Waals surface area contributed by atoms with E-state index >= 15 is 0 Å². The third-order valence-corrected chi connectivity index (χ3v) is 4.87. The molecule has 0 fully saturated rings. The van der Waals surface area contributed by atoms with E-state index in [0.29, 0.717) is 0 Å². The molecule has 0 saturated carbocycles. The largest absolute Gasteiger partial charge is 0.401 e. The first-order valence-corrected chi connectivity index (χ1v) is 7.23. The number of sulfone groups is 1. The molecule has 1 heterocycles. The van der Waals surface area contributed by atoms with Gasteiger partial charge in [-0.05, 0) is 29.0 Å². The molecule has 0 radical (unpaired) electrons. The van der Waals surface area contributed by atoms with Gasteiger partial charge in [0, 0.05) is 14.0 Å². The smallest absolute Gasteiger partial charge is 0.358 e. The van der Waals surface area contributed by atoms with Gasteiger partial charge in [-0.2, -0.15) is 0 Å². The molecule has 2 aromatic rings. The average molecular weight is 295 g/mol. The second kappa shape index (κ2) is 4.71. The molecule has 8 heteroatoms. The molecule has 20 heavy (non-hydrogen) atoms. The van der Waals surface area contributed by atoms with Gasteiger partial charge in [-0.15, -0.1) is 0 Å². The molecule has 106 valence electrons. The normalized spacial score (nSPS) is 11.6. The Hall–Kier alpha value is -2.22. The van der Waals surface area contributed by atoms with Crippen LogP contribution in [0.15, 0.2) is 34.2 Å². The van der Waals surface area contributed by atoms with Gasteiger partial charge in [-0.25, -0.2) is 8.42 Å². The maximum Gasteiger partial charge on any atom is 0.401 e. The zero-order valence-electron chi connectivity index (χ0n) is 11.2. The lowest BCUT2D eigenvalue weighted by Crippen LogP contribution is -2.10. The van der Waals surface area contributed by atoms with Crippen LogP contribution in [0.3, 0.4) is 0 Å². The highest BCUT2D eigenvalue weighted by Gasteiger charge is 2.34. The van der Waals surface area contributed by atoms with E-state index in [2.05, 4.69) is 4.98 Å². The monoisotopic (exact) mass is 295 g/mol. The van der Waals surface area contributed by atoms with Crippen molar-refractivity contribution in [2.75, 3.05) is 0 Å². The van der Waals surface area contributed by atoms with Crippen molar-refractivity contribution in [3.05, 3.63) is 45.8 Å². The summed E-state index contributed by atoms with van der Waals surface area (Å²) in [5, 5.41) is 10.6. The molecule has 0 unspecified atom stereocenters. The Morgan fingerprint density at radius 3 is 2.25 bits per heavy atom. The summed E-state index contributed by atoms with van der Waals surface area (Å²) in [6.45, 7) is 3.34. The van der Waals surface area contributed by atoms with Gasteiger partial charge < -0.3 is 10.1 Å². The third kappa shape index (κ3) is 2.18. The van der Waals surface area contributed by atoms with Crippen molar-refractivity contribution in [2.45, 2.75) is 23.8 Å². The van der Waals surface area contributed by atoms with Gasteiger partial charge in [-0.1, -0.05) is 17.7 Å². The third-order valence-electron chi connectivity index (χ3n) is 3.01. The topological polar surface area (TPSA) is 95.1 Å². The molecule has 0 amide bonds. The summed E-state index contributed by atoms with van der Waals surface area (Å²) in [7, 11) is -2.54. The van der Waals surface area contributed by atoms with Crippen molar-refractivity contribution in [2.24, 2.45) is 7.05 Å². The van der Waals surface area contributed by atoms with Crippen LogP contribution < -0.4 is 0 Å². The Bertz CT molecular complexity index is 776. The van der Waals surface area contributed by atoms with Crippen LogP contribution >= 0.6 is 0 Å². The summed E-state index contributed by atoms with van der Waals surface area (Å²) in [6, 6.07) is 6.14. The summed E-state index contributed by atoms with van der Waals surface area (Å²) in [5.41, 5.74) is 0.902. The Labute approximate surface area is 116 Å². The highest BCUT2D eigenvalue weighted by molar-refractivity contribution is 7.91. The predicted octanol–water partition coefficient (Wildman–Crippen LogP) is 1.78. The summed E-state index contributed by atoms with van der Waals surface area (Å²) < 4.78 is 26.3. The van der Waals surface area contributed by atoms with Crippen LogP contribution in [0.1, 0.15) is 11.4 Å². The fourth-order valence-corrected chi connectivity index (χ4v) is 3.39. The van der Waals surface area contributed by atoms with Gasteiger partial charge in [0.2, 0.25) is 20.7 Å². The molecule has 0 bridgehead atoms. The Morgan fingerprint density at radius 1 is 1.20 bits per heavy atom. The molecule has 1 aromatic carbocycles. The molecule has 1 aromatic heterocycles. The van der Waals surface area contributed by atoms with Gasteiger partial charge >= 0.3 is 5.82 Å². The molecular weight excluding hydrogens is 282 g/mol. The second-order valence-corrected chi connectivity index (χ2v) is 6.29. The predicted molar refractivity (Wildman–Crippen MR) is 71.2 cm³/mol. The highest BCUT2D eigenvalue weighted by atomic mass is 32.2. The molecule has 0 spiro atoms. The lowest BCUT2D eigenvalue weighted by atomic mass is 10.2. The Kier molecular flexibility index (Phi) is 3.34. The zero-order valence-corrected chi connectivity index (χ0v) is 12.0. The van der Waals surface area contributed by atoms with Crippen LogP contribution in [0.2, 0.25) is 0 Å². The van der Waals surface area contributed by atoms with E-state index in [1.807, 2.05) is 6.92 Å². The van der Waals surface area contributed by atoms with Gasteiger partial charge in [0.25, 0.3) is 0 Å². The van der Waals surface area contributed by atoms with Gasteiger partial charge in [0.15, 0.2) is 0 Å². The number of imidazole rings is 1. The van der Waals surface area contributed by atoms with E-state index in [4.69, 9.17) is 0 Å². The zero-order chi connectivity index (χ0) is 15.1. The maximum absolute atomic E-state index is 12.5. The number of nitrogens with zero attached hydrogens (tertiary/aromatic N) is 3. The van der Waals surface area contributed by atoms with E-state index in [9.17, 15) is 18.5 Å². The minimum atomic E-state index is -3.98. The maximum atomic E-state index is 12.5. The summed E-state index contributed by atoms with van der Waals surface area (Å²) >= 11 is 0. The molecule has 0 saturated heterocycles. The summed E-state index contributed by atoms with van der Waals surface area (Å²) in [6.07, 6.45) is 0. The minimum Gasteiger partial charge on any atom is -0.358 e. The van der Waals surface area contributed by atoms with Crippen molar-refractivity contribution in [1.82, 2.24) is 9.55 Å². The first kappa shape index (κ1) is 14.2. The molecule has 0 aliphatic carbocycles. The SMILES string of the molecule is Cc1ccc(S(=O)(=O)c2c([N+](=O)[O-])nc(C)n2C)cc1. The van der Waals surface area contributed by atoms with Gasteiger partial charge in [0.1, 0.15) is 0 Å². The van der Waals surface area contributed by atoms with E-state index in [1.54, 1.807) is 12.1 Å². The molecule has 0 atom stereocenters. The molecule has 0 aliphatic heterocycles. The number of aryl methyl sites for hydroxylation is 2. The Morgan fingerprint density at radius 2 is 1.75 bits per heavy atom. The van der Waals surface area contributed by atoms with Crippen molar-refractivity contribution in [1.29, 1.82) is 0 Å². The number of rotatable bonds is 3.